The fraction of sp³-hybridized carbons (Fsp3) is 0.0833. The molecule has 2 aromatic carbocycles. The number of rotatable bonds is 2. The van der Waals surface area contributed by atoms with Crippen molar-refractivity contribution in [1.29, 1.82) is 0 Å². The van der Waals surface area contributed by atoms with Crippen LogP contribution in [0.1, 0.15) is 5.56 Å². The first-order valence-electron chi connectivity index (χ1n) is 4.80. The summed E-state index contributed by atoms with van der Waals surface area (Å²) < 4.78 is 5.13. The number of benzene rings is 2. The third-order valence-electron chi connectivity index (χ3n) is 2.45. The van der Waals surface area contributed by atoms with E-state index in [0.29, 0.717) is 5.56 Å². The van der Waals surface area contributed by atoms with E-state index in [2.05, 4.69) is 5.16 Å². The summed E-state index contributed by atoms with van der Waals surface area (Å²) in [6, 6.07) is 11.3. The van der Waals surface area contributed by atoms with Gasteiger partial charge in [-0.2, -0.15) is 0 Å². The zero-order chi connectivity index (χ0) is 11.5. The second-order valence-corrected chi connectivity index (χ2v) is 3.41. The quantitative estimate of drug-likeness (QED) is 0.349. The van der Waals surface area contributed by atoms with Crippen LogP contribution in [0.25, 0.3) is 10.8 Å². The molecule has 16 heavy (non-hydrogen) atoms. The number of nitrogens with two attached hydrogens (primary N) is 1. The van der Waals surface area contributed by atoms with Gasteiger partial charge in [-0.15, -0.1) is 0 Å². The van der Waals surface area contributed by atoms with Crippen molar-refractivity contribution in [3.63, 3.8) is 0 Å². The average Bonchev–Trinajstić information content (AvgIpc) is 2.36. The number of hydrogen-bond donors (Lipinski definition) is 2. The minimum atomic E-state index is 0.109. The van der Waals surface area contributed by atoms with Crippen molar-refractivity contribution in [3.05, 3.63) is 42.0 Å². The van der Waals surface area contributed by atoms with Crippen LogP contribution in [0, 0.1) is 0 Å². The van der Waals surface area contributed by atoms with E-state index in [0.717, 1.165) is 16.5 Å². The molecule has 4 heteroatoms. The number of nitrogens with zero attached hydrogens (tertiary/aromatic N) is 1. The Kier molecular flexibility index (Phi) is 2.64. The molecule has 0 aromatic heterocycles. The molecule has 0 saturated carbocycles. The number of fused-ring (bicyclic) bond motifs is 1. The summed E-state index contributed by atoms with van der Waals surface area (Å²) >= 11 is 0. The van der Waals surface area contributed by atoms with Crippen LogP contribution in [-0.2, 0) is 0 Å². The highest BCUT2D eigenvalue weighted by Crippen LogP contribution is 2.21. The van der Waals surface area contributed by atoms with E-state index in [9.17, 15) is 0 Å². The second kappa shape index (κ2) is 4.10. The minimum absolute atomic E-state index is 0.109. The van der Waals surface area contributed by atoms with Crippen LogP contribution in [0.3, 0.4) is 0 Å². The second-order valence-electron chi connectivity index (χ2n) is 3.41. The smallest absolute Gasteiger partial charge is 0.170 e. The van der Waals surface area contributed by atoms with Crippen LogP contribution in [-0.4, -0.2) is 18.2 Å². The molecule has 0 unspecified atom stereocenters. The Morgan fingerprint density at radius 1 is 1.19 bits per heavy atom. The highest BCUT2D eigenvalue weighted by molar-refractivity contribution is 6.00. The summed E-state index contributed by atoms with van der Waals surface area (Å²) in [4.78, 5) is 0. The van der Waals surface area contributed by atoms with Crippen molar-refractivity contribution in [2.75, 3.05) is 7.11 Å². The molecule has 0 saturated heterocycles. The molecular formula is C12H12N2O2. The fourth-order valence-corrected chi connectivity index (χ4v) is 1.57. The van der Waals surface area contributed by atoms with Gasteiger partial charge in [0.25, 0.3) is 0 Å². The summed E-state index contributed by atoms with van der Waals surface area (Å²) in [5.74, 6) is 0.918. The summed E-state index contributed by atoms with van der Waals surface area (Å²) in [5.41, 5.74) is 6.21. The van der Waals surface area contributed by atoms with Gasteiger partial charge in [0.2, 0.25) is 0 Å². The Labute approximate surface area is 92.9 Å². The topological polar surface area (TPSA) is 67.8 Å². The molecule has 0 aliphatic carbocycles. The fourth-order valence-electron chi connectivity index (χ4n) is 1.57. The van der Waals surface area contributed by atoms with Gasteiger partial charge in [-0.25, -0.2) is 0 Å². The highest BCUT2D eigenvalue weighted by atomic mass is 16.5. The first-order valence-corrected chi connectivity index (χ1v) is 4.80. The number of hydrogen-bond acceptors (Lipinski definition) is 3. The first-order chi connectivity index (χ1) is 7.74. The summed E-state index contributed by atoms with van der Waals surface area (Å²) in [5, 5.41) is 13.6. The number of methoxy groups -OCH3 is 1. The summed E-state index contributed by atoms with van der Waals surface area (Å²) in [6.07, 6.45) is 0. The van der Waals surface area contributed by atoms with Crippen LogP contribution < -0.4 is 10.5 Å². The van der Waals surface area contributed by atoms with E-state index in [1.54, 1.807) is 13.2 Å². The molecule has 2 aromatic rings. The van der Waals surface area contributed by atoms with Gasteiger partial charge in [0.05, 0.1) is 7.11 Å². The van der Waals surface area contributed by atoms with E-state index < -0.39 is 0 Å². The standard InChI is InChI=1S/C12H12N2O2/c1-16-11-5-4-8-6-10(12(13)14-15)3-2-9(8)7-11/h2-7,15H,1H3,(H2,13,14). The minimum Gasteiger partial charge on any atom is -0.497 e. The van der Waals surface area contributed by atoms with E-state index in [4.69, 9.17) is 15.7 Å². The summed E-state index contributed by atoms with van der Waals surface area (Å²) in [6.45, 7) is 0. The van der Waals surface area contributed by atoms with Crippen LogP contribution >= 0.6 is 0 Å². The van der Waals surface area contributed by atoms with Crippen molar-refractivity contribution >= 4 is 16.6 Å². The lowest BCUT2D eigenvalue weighted by Crippen LogP contribution is -2.12. The molecule has 4 nitrogen and oxygen atoms in total. The Balaban J connectivity index is 2.56. The molecule has 0 atom stereocenters. The molecule has 0 bridgehead atoms. The molecule has 82 valence electrons. The van der Waals surface area contributed by atoms with Crippen molar-refractivity contribution in [2.24, 2.45) is 10.9 Å². The van der Waals surface area contributed by atoms with Gasteiger partial charge in [0, 0.05) is 5.56 Å². The average molecular weight is 216 g/mol. The monoisotopic (exact) mass is 216 g/mol. The van der Waals surface area contributed by atoms with Crippen molar-refractivity contribution in [3.8, 4) is 5.75 Å². The van der Waals surface area contributed by atoms with Gasteiger partial charge in [0.15, 0.2) is 5.84 Å². The third-order valence-corrected chi connectivity index (χ3v) is 2.45. The lowest BCUT2D eigenvalue weighted by molar-refractivity contribution is 0.318. The highest BCUT2D eigenvalue weighted by Gasteiger charge is 2.01. The first kappa shape index (κ1) is 10.3. The van der Waals surface area contributed by atoms with Crippen LogP contribution in [0.4, 0.5) is 0 Å². The number of oxime groups is 1. The van der Waals surface area contributed by atoms with E-state index in [-0.39, 0.29) is 5.84 Å². The maximum Gasteiger partial charge on any atom is 0.170 e. The molecular weight excluding hydrogens is 204 g/mol. The Morgan fingerprint density at radius 3 is 2.56 bits per heavy atom. The Morgan fingerprint density at radius 2 is 1.88 bits per heavy atom. The van der Waals surface area contributed by atoms with Crippen molar-refractivity contribution < 1.29 is 9.94 Å². The summed E-state index contributed by atoms with van der Waals surface area (Å²) in [7, 11) is 1.63. The normalized spacial score (nSPS) is 11.7. The van der Waals surface area contributed by atoms with Gasteiger partial charge in [-0.05, 0) is 29.0 Å². The number of ether oxygens (including phenoxy) is 1. The molecule has 0 aliphatic heterocycles. The molecule has 0 amide bonds. The van der Waals surface area contributed by atoms with Gasteiger partial charge in [-0.3, -0.25) is 0 Å². The van der Waals surface area contributed by atoms with Crippen LogP contribution in [0.15, 0.2) is 41.6 Å². The van der Waals surface area contributed by atoms with Crippen molar-refractivity contribution in [2.45, 2.75) is 0 Å². The molecule has 0 radical (unpaired) electrons. The molecule has 0 heterocycles. The Bertz CT molecular complexity index is 550. The number of amidine groups is 1. The molecule has 2 rings (SSSR count). The maximum absolute atomic E-state index is 8.59. The van der Waals surface area contributed by atoms with Gasteiger partial charge in [0.1, 0.15) is 5.75 Å². The zero-order valence-corrected chi connectivity index (χ0v) is 8.84. The maximum atomic E-state index is 8.59. The lowest BCUT2D eigenvalue weighted by atomic mass is 10.1. The van der Waals surface area contributed by atoms with Crippen LogP contribution in [0.5, 0.6) is 5.75 Å². The SMILES string of the molecule is COc1ccc2cc(C(N)=NO)ccc2c1. The van der Waals surface area contributed by atoms with E-state index in [1.807, 2.05) is 30.3 Å². The molecule has 3 N–H and O–H groups in total. The van der Waals surface area contributed by atoms with Gasteiger partial charge < -0.3 is 15.7 Å². The van der Waals surface area contributed by atoms with Crippen molar-refractivity contribution in [1.82, 2.24) is 0 Å². The van der Waals surface area contributed by atoms with Crippen LogP contribution in [0.2, 0.25) is 0 Å². The predicted molar refractivity (Wildman–Crippen MR) is 63.0 cm³/mol. The van der Waals surface area contributed by atoms with E-state index >= 15 is 0 Å². The largest absolute Gasteiger partial charge is 0.497 e. The Hall–Kier alpha value is -2.23. The molecule has 0 spiro atoms. The molecule has 0 fully saturated rings. The lowest BCUT2D eigenvalue weighted by Gasteiger charge is -2.04. The van der Waals surface area contributed by atoms with E-state index in [1.165, 1.54) is 0 Å². The zero-order valence-electron chi connectivity index (χ0n) is 8.84. The predicted octanol–water partition coefficient (Wildman–Crippen LogP) is 1.94. The third kappa shape index (κ3) is 1.77. The molecule has 0 aliphatic rings. The van der Waals surface area contributed by atoms with Gasteiger partial charge in [-0.1, -0.05) is 23.4 Å². The van der Waals surface area contributed by atoms with Gasteiger partial charge >= 0.3 is 0 Å².